The highest BCUT2D eigenvalue weighted by molar-refractivity contribution is 7.79. The summed E-state index contributed by atoms with van der Waals surface area (Å²) in [5.74, 6) is 0.718. The Morgan fingerprint density at radius 1 is 1.39 bits per heavy atom. The van der Waals surface area contributed by atoms with Gasteiger partial charge in [-0.1, -0.05) is 12.1 Å². The van der Waals surface area contributed by atoms with Crippen LogP contribution in [0.15, 0.2) is 18.2 Å². The van der Waals surface area contributed by atoms with E-state index in [2.05, 4.69) is 4.98 Å². The third-order valence-corrected chi connectivity index (χ3v) is 2.18. The first kappa shape index (κ1) is 14.4. The van der Waals surface area contributed by atoms with Crippen molar-refractivity contribution in [1.82, 2.24) is 0 Å². The van der Waals surface area contributed by atoms with Gasteiger partial charge in [0.1, 0.15) is 5.60 Å². The van der Waals surface area contributed by atoms with E-state index in [1.807, 2.05) is 26.0 Å². The number of benzene rings is 1. The number of fused-ring (bicyclic) bond motifs is 1. The fraction of sp³-hybridized carbons (Fsp3) is 0.400. The number of para-hydroxylation sites is 1. The largest absolute Gasteiger partial charge is 0.759 e. The summed E-state index contributed by atoms with van der Waals surface area (Å²) in [6.07, 6.45) is 0.867. The zero-order valence-corrected chi connectivity index (χ0v) is 10.6. The van der Waals surface area contributed by atoms with E-state index in [4.69, 9.17) is 27.7 Å². The Bertz CT molecular complexity index is 581. The van der Waals surface area contributed by atoms with Crippen molar-refractivity contribution >= 4 is 16.1 Å². The molecular formula is C10H11N2O5S-. The summed E-state index contributed by atoms with van der Waals surface area (Å²) >= 11 is 0. The van der Waals surface area contributed by atoms with Crippen molar-refractivity contribution in [1.29, 1.82) is 5.39 Å². The minimum Gasteiger partial charge on any atom is -0.759 e. The van der Waals surface area contributed by atoms with Crippen LogP contribution in [0.2, 0.25) is 0 Å². The topological polar surface area (TPSA) is 118 Å². The fourth-order valence-corrected chi connectivity index (χ4v) is 1.68. The molecule has 1 aliphatic rings. The molecule has 1 aromatic carbocycles. The van der Waals surface area contributed by atoms with E-state index in [1.54, 1.807) is 6.07 Å². The maximum absolute atomic E-state index is 8.72. The average molecular weight is 271 g/mol. The zero-order valence-electron chi connectivity index (χ0n) is 9.78. The monoisotopic (exact) mass is 271 g/mol. The molecule has 0 N–H and O–H groups in total. The van der Waals surface area contributed by atoms with Gasteiger partial charge in [-0.05, 0) is 13.8 Å². The molecule has 98 valence electrons. The first-order valence-corrected chi connectivity index (χ1v) is 6.28. The molecule has 7 nitrogen and oxygen atoms in total. The first-order chi connectivity index (χ1) is 8.12. The Balaban J connectivity index is 0.000000280. The van der Waals surface area contributed by atoms with E-state index < -0.39 is 10.4 Å². The van der Waals surface area contributed by atoms with Crippen LogP contribution in [0.3, 0.4) is 0 Å². The second kappa shape index (κ2) is 4.89. The number of hydrogen-bond acceptors (Lipinski definition) is 6. The molecule has 0 bridgehead atoms. The van der Waals surface area contributed by atoms with Crippen molar-refractivity contribution in [3.05, 3.63) is 28.7 Å². The smallest absolute Gasteiger partial charge is 0.426 e. The van der Waals surface area contributed by atoms with Crippen LogP contribution >= 0.6 is 0 Å². The van der Waals surface area contributed by atoms with E-state index in [0.29, 0.717) is 5.69 Å². The molecule has 0 unspecified atom stereocenters. The van der Waals surface area contributed by atoms with Crippen molar-refractivity contribution in [2.45, 2.75) is 25.9 Å². The van der Waals surface area contributed by atoms with E-state index in [1.165, 1.54) is 0 Å². The molecule has 18 heavy (non-hydrogen) atoms. The van der Waals surface area contributed by atoms with Gasteiger partial charge < -0.3 is 13.8 Å². The third kappa shape index (κ3) is 4.29. The van der Waals surface area contributed by atoms with Gasteiger partial charge >= 0.3 is 5.69 Å². The maximum atomic E-state index is 8.72. The van der Waals surface area contributed by atoms with E-state index in [9.17, 15) is 0 Å². The number of rotatable bonds is 0. The molecule has 1 heterocycles. The van der Waals surface area contributed by atoms with Crippen LogP contribution in [0.4, 0.5) is 5.69 Å². The second-order valence-electron chi connectivity index (χ2n) is 4.31. The van der Waals surface area contributed by atoms with Crippen molar-refractivity contribution in [3.8, 4) is 5.75 Å². The Labute approximate surface area is 105 Å². The summed E-state index contributed by atoms with van der Waals surface area (Å²) in [5, 5.41) is 8.72. The molecule has 1 aromatic rings. The van der Waals surface area contributed by atoms with Crippen LogP contribution in [0.25, 0.3) is 4.98 Å². The zero-order chi connectivity index (χ0) is 14.0. The lowest BCUT2D eigenvalue weighted by Crippen LogP contribution is -2.24. The molecule has 0 fully saturated rings. The maximum Gasteiger partial charge on any atom is 0.426 e. The van der Waals surface area contributed by atoms with Crippen LogP contribution in [0.5, 0.6) is 5.75 Å². The van der Waals surface area contributed by atoms with Gasteiger partial charge in [0.05, 0.1) is 0 Å². The summed E-state index contributed by atoms with van der Waals surface area (Å²) < 4.78 is 39.7. The van der Waals surface area contributed by atoms with Gasteiger partial charge in [-0.25, -0.2) is 0 Å². The van der Waals surface area contributed by atoms with E-state index >= 15 is 0 Å². The molecule has 8 heteroatoms. The van der Waals surface area contributed by atoms with Crippen LogP contribution in [0.1, 0.15) is 19.4 Å². The minimum atomic E-state index is -5.17. The van der Waals surface area contributed by atoms with Gasteiger partial charge in [-0.3, -0.25) is 8.42 Å². The molecule has 0 atom stereocenters. The molecule has 1 aliphatic heterocycles. The molecule has 0 aliphatic carbocycles. The van der Waals surface area contributed by atoms with Crippen molar-refractivity contribution in [2.75, 3.05) is 0 Å². The lowest BCUT2D eigenvalue weighted by Gasteiger charge is -2.15. The predicted molar refractivity (Wildman–Crippen MR) is 60.1 cm³/mol. The summed E-state index contributed by atoms with van der Waals surface area (Å²) in [4.78, 5) is 3.18. The Kier molecular flexibility index (Phi) is 3.91. The first-order valence-electron chi connectivity index (χ1n) is 4.95. The van der Waals surface area contributed by atoms with Crippen molar-refractivity contribution in [2.24, 2.45) is 0 Å². The van der Waals surface area contributed by atoms with Crippen LogP contribution in [-0.4, -0.2) is 23.1 Å². The van der Waals surface area contributed by atoms with Gasteiger partial charge in [0, 0.05) is 28.4 Å². The third-order valence-electron chi connectivity index (χ3n) is 2.18. The van der Waals surface area contributed by atoms with Gasteiger partial charge in [-0.2, -0.15) is 0 Å². The second-order valence-corrected chi connectivity index (χ2v) is 5.13. The highest BCUT2D eigenvalue weighted by Gasteiger charge is 2.35. The average Bonchev–Trinajstić information content (AvgIpc) is 2.48. The number of nitrogens with zero attached hydrogens (tertiary/aromatic N) is 2. The molecule has 0 radical (unpaired) electrons. The normalized spacial score (nSPS) is 15.7. The number of diazo groups is 1. The highest BCUT2D eigenvalue weighted by Crippen LogP contribution is 2.41. The molecule has 0 saturated heterocycles. The Hall–Kier alpha value is -1.69. The molecule has 0 aromatic heterocycles. The van der Waals surface area contributed by atoms with Gasteiger partial charge in [0.2, 0.25) is 11.1 Å². The SMILES string of the molecule is CC1(C)Cc2cccc([N+]#N)c2O1.O=S(=O)([O-])[O-]. The van der Waals surface area contributed by atoms with Crippen LogP contribution in [-0.2, 0) is 16.8 Å². The molecule has 0 saturated carbocycles. The summed E-state index contributed by atoms with van der Waals surface area (Å²) in [6.45, 7) is 4.04. The van der Waals surface area contributed by atoms with Gasteiger partial charge in [0.25, 0.3) is 0 Å². The number of hydrogen-bond donors (Lipinski definition) is 0. The predicted octanol–water partition coefficient (Wildman–Crippen LogP) is 1.55. The summed E-state index contributed by atoms with van der Waals surface area (Å²) in [6, 6.07) is 5.61. The summed E-state index contributed by atoms with van der Waals surface area (Å²) in [5.41, 5.74) is 1.45. The molecule has 0 amide bonds. The van der Waals surface area contributed by atoms with Crippen molar-refractivity contribution in [3.63, 3.8) is 0 Å². The van der Waals surface area contributed by atoms with Crippen molar-refractivity contribution < 1.29 is 22.3 Å². The number of ether oxygens (including phenoxy) is 1. The molecule has 2 rings (SSSR count). The van der Waals surface area contributed by atoms with E-state index in [-0.39, 0.29) is 5.60 Å². The highest BCUT2D eigenvalue weighted by atomic mass is 32.3. The van der Waals surface area contributed by atoms with E-state index in [0.717, 1.165) is 17.7 Å². The lowest BCUT2D eigenvalue weighted by atomic mass is 10.0. The quantitative estimate of drug-likeness (QED) is 0.401. The van der Waals surface area contributed by atoms with Crippen LogP contribution < -0.4 is 4.74 Å². The summed E-state index contributed by atoms with van der Waals surface area (Å²) in [7, 11) is -5.17. The minimum absolute atomic E-state index is 0.177. The molecular weight excluding hydrogens is 260 g/mol. The molecule has 0 spiro atoms. The lowest BCUT2D eigenvalue weighted by molar-refractivity contribution is 0.139. The fourth-order valence-electron chi connectivity index (χ4n) is 1.68. The Morgan fingerprint density at radius 2 is 1.94 bits per heavy atom. The van der Waals surface area contributed by atoms with Gasteiger partial charge in [0.15, 0.2) is 4.98 Å². The Morgan fingerprint density at radius 3 is 2.44 bits per heavy atom. The standard InChI is InChI=1S/C10H11N2O.H2O4S/c1-10(2)6-7-4-3-5-8(12-11)9(7)13-10;1-5(2,3)4/h3-5H,6H2,1-2H3;(H2,1,2,3,4)/q+1;/p-2. The van der Waals surface area contributed by atoms with Gasteiger partial charge in [-0.15, -0.1) is 0 Å². The van der Waals surface area contributed by atoms with Crippen LogP contribution in [0, 0.1) is 5.39 Å².